The fraction of sp³-hybridized carbons (Fsp3) is 0.200. The van der Waals surface area contributed by atoms with E-state index in [1.165, 1.54) is 5.56 Å². The zero-order valence-electron chi connectivity index (χ0n) is 18.6. The molecule has 35 heavy (non-hydrogen) atoms. The van der Waals surface area contributed by atoms with E-state index in [9.17, 15) is 10.1 Å². The van der Waals surface area contributed by atoms with Gasteiger partial charge in [0.2, 0.25) is 0 Å². The van der Waals surface area contributed by atoms with E-state index in [1.807, 2.05) is 41.3 Å². The van der Waals surface area contributed by atoms with Crippen molar-refractivity contribution in [1.29, 1.82) is 0 Å². The maximum atomic E-state index is 11.7. The topological polar surface area (TPSA) is 80.9 Å². The molecule has 0 aliphatic carbocycles. The van der Waals surface area contributed by atoms with E-state index in [-0.39, 0.29) is 10.6 Å². The molecule has 1 aromatic heterocycles. The number of morpholine rings is 1. The molecule has 7 nitrogen and oxygen atoms in total. The van der Waals surface area contributed by atoms with Gasteiger partial charge >= 0.3 is 0 Å². The van der Waals surface area contributed by atoms with Gasteiger partial charge in [0, 0.05) is 35.6 Å². The Morgan fingerprint density at radius 1 is 1.14 bits per heavy atom. The van der Waals surface area contributed by atoms with E-state index in [0.29, 0.717) is 37.6 Å². The number of fused-ring (bicyclic) bond motifs is 1. The van der Waals surface area contributed by atoms with Gasteiger partial charge in [0.1, 0.15) is 5.69 Å². The molecule has 1 aliphatic rings. The second-order valence-electron chi connectivity index (χ2n) is 7.91. The minimum Gasteiger partial charge on any atom is -0.378 e. The van der Waals surface area contributed by atoms with Crippen molar-refractivity contribution in [2.75, 3.05) is 31.2 Å². The number of aliphatic imine (C=N–C) groups is 1. The number of rotatable bonds is 7. The first-order valence-electron chi connectivity index (χ1n) is 11.0. The van der Waals surface area contributed by atoms with Crippen molar-refractivity contribution in [2.24, 2.45) is 4.99 Å². The molecule has 1 aliphatic heterocycles. The third-order valence-corrected chi connectivity index (χ3v) is 8.30. The molecule has 1 saturated heterocycles. The maximum absolute atomic E-state index is 11.7. The van der Waals surface area contributed by atoms with E-state index < -0.39 is 0 Å². The molecule has 0 saturated carbocycles. The van der Waals surface area contributed by atoms with Gasteiger partial charge in [-0.25, -0.2) is 4.98 Å². The van der Waals surface area contributed by atoms with Gasteiger partial charge in [-0.2, -0.15) is 0 Å². The number of halogens is 1. The molecular formula is C25H21BrN4O3S2. The van der Waals surface area contributed by atoms with Gasteiger partial charge in [0.15, 0.2) is 4.34 Å². The molecule has 0 atom stereocenters. The Morgan fingerprint density at radius 2 is 1.94 bits per heavy atom. The Kier molecular flexibility index (Phi) is 7.43. The number of ether oxygens (including phenoxy) is 1. The van der Waals surface area contributed by atoms with Crippen LogP contribution in [0.25, 0.3) is 10.2 Å². The fourth-order valence-corrected chi connectivity index (χ4v) is 6.07. The molecule has 0 unspecified atom stereocenters. The molecule has 0 N–H and O–H groups in total. The van der Waals surface area contributed by atoms with Crippen LogP contribution in [0.3, 0.4) is 0 Å². The number of hydrogen-bond donors (Lipinski definition) is 0. The molecule has 5 rings (SSSR count). The third kappa shape index (κ3) is 5.90. The number of benzene rings is 3. The van der Waals surface area contributed by atoms with Crippen LogP contribution in [0.5, 0.6) is 0 Å². The summed E-state index contributed by atoms with van der Waals surface area (Å²) >= 11 is 6.82. The number of aromatic nitrogens is 1. The van der Waals surface area contributed by atoms with Crippen molar-refractivity contribution < 1.29 is 9.66 Å². The van der Waals surface area contributed by atoms with Crippen LogP contribution in [0.15, 0.2) is 74.5 Å². The standard InChI is InChI=1S/C25H21BrN4O3S2/c26-19-4-1-17(2-5-19)16-34-25-28-21-7-6-20(14-24(21)35-25)27-15-18-3-8-22(23(13-18)30(31)32)29-9-11-33-12-10-29/h1-8,13-15H,9-12,16H2. The Labute approximate surface area is 219 Å². The van der Waals surface area contributed by atoms with Gasteiger partial charge in [-0.05, 0) is 47.5 Å². The summed E-state index contributed by atoms with van der Waals surface area (Å²) < 4.78 is 8.51. The van der Waals surface area contributed by atoms with Crippen molar-refractivity contribution in [1.82, 2.24) is 4.98 Å². The number of anilines is 1. The van der Waals surface area contributed by atoms with Crippen LogP contribution in [0.2, 0.25) is 0 Å². The number of thiazole rings is 1. The third-order valence-electron chi connectivity index (χ3n) is 5.54. The average Bonchev–Trinajstić information content (AvgIpc) is 3.30. The second kappa shape index (κ2) is 10.9. The van der Waals surface area contributed by atoms with Crippen LogP contribution >= 0.6 is 39.0 Å². The van der Waals surface area contributed by atoms with Gasteiger partial charge in [0.05, 0.1) is 34.0 Å². The molecule has 0 amide bonds. The SMILES string of the molecule is O=[N+]([O-])c1cc(C=Nc2ccc3nc(SCc4ccc(Br)cc4)sc3c2)ccc1N1CCOCC1. The highest BCUT2D eigenvalue weighted by Gasteiger charge is 2.21. The Balaban J connectivity index is 1.31. The average molecular weight is 570 g/mol. The monoisotopic (exact) mass is 568 g/mol. The highest BCUT2D eigenvalue weighted by molar-refractivity contribution is 9.10. The van der Waals surface area contributed by atoms with Gasteiger partial charge in [-0.15, -0.1) is 11.3 Å². The zero-order valence-corrected chi connectivity index (χ0v) is 21.8. The molecule has 2 heterocycles. The van der Waals surface area contributed by atoms with E-state index in [4.69, 9.17) is 9.72 Å². The van der Waals surface area contributed by atoms with Crippen LogP contribution in [0.4, 0.5) is 17.1 Å². The number of nitrogens with zero attached hydrogens (tertiary/aromatic N) is 4. The van der Waals surface area contributed by atoms with Gasteiger partial charge < -0.3 is 9.64 Å². The van der Waals surface area contributed by atoms with Crippen LogP contribution in [0.1, 0.15) is 11.1 Å². The quantitative estimate of drug-likeness (QED) is 0.105. The Hall–Kier alpha value is -2.79. The van der Waals surface area contributed by atoms with E-state index in [2.05, 4.69) is 33.1 Å². The summed E-state index contributed by atoms with van der Waals surface area (Å²) in [5.74, 6) is 0.858. The first-order valence-corrected chi connectivity index (χ1v) is 13.6. The molecule has 4 aromatic rings. The lowest BCUT2D eigenvalue weighted by atomic mass is 10.1. The highest BCUT2D eigenvalue weighted by atomic mass is 79.9. The summed E-state index contributed by atoms with van der Waals surface area (Å²) in [6.07, 6.45) is 1.67. The van der Waals surface area contributed by atoms with Gasteiger partial charge in [-0.1, -0.05) is 45.9 Å². The molecule has 0 spiro atoms. The van der Waals surface area contributed by atoms with Crippen molar-refractivity contribution in [3.63, 3.8) is 0 Å². The smallest absolute Gasteiger partial charge is 0.293 e. The van der Waals surface area contributed by atoms with Crippen LogP contribution in [-0.2, 0) is 10.5 Å². The summed E-state index contributed by atoms with van der Waals surface area (Å²) in [4.78, 5) is 22.6. The van der Waals surface area contributed by atoms with Gasteiger partial charge in [-0.3, -0.25) is 15.1 Å². The predicted molar refractivity (Wildman–Crippen MR) is 147 cm³/mol. The minimum absolute atomic E-state index is 0.0844. The predicted octanol–water partition coefficient (Wildman–Crippen LogP) is 6.85. The summed E-state index contributed by atoms with van der Waals surface area (Å²) in [6.45, 7) is 2.44. The molecule has 1 fully saturated rings. The lowest BCUT2D eigenvalue weighted by Crippen LogP contribution is -2.36. The number of nitro benzene ring substituents is 1. The Morgan fingerprint density at radius 3 is 2.71 bits per heavy atom. The van der Waals surface area contributed by atoms with Crippen molar-refractivity contribution in [3.8, 4) is 0 Å². The summed E-state index contributed by atoms with van der Waals surface area (Å²) in [6, 6.07) is 19.4. The zero-order chi connectivity index (χ0) is 24.2. The first kappa shape index (κ1) is 23.9. The summed E-state index contributed by atoms with van der Waals surface area (Å²) in [5, 5.41) is 11.7. The first-order chi connectivity index (χ1) is 17.0. The van der Waals surface area contributed by atoms with Crippen molar-refractivity contribution in [3.05, 3.63) is 86.4 Å². The number of hydrogen-bond acceptors (Lipinski definition) is 8. The lowest BCUT2D eigenvalue weighted by Gasteiger charge is -2.28. The number of thioether (sulfide) groups is 1. The van der Waals surface area contributed by atoms with E-state index >= 15 is 0 Å². The van der Waals surface area contributed by atoms with Crippen molar-refractivity contribution >= 4 is 72.5 Å². The second-order valence-corrected chi connectivity index (χ2v) is 11.1. The molecule has 3 aromatic carbocycles. The maximum Gasteiger partial charge on any atom is 0.293 e. The lowest BCUT2D eigenvalue weighted by molar-refractivity contribution is -0.384. The van der Waals surface area contributed by atoms with Crippen LogP contribution in [0, 0.1) is 10.1 Å². The number of nitro groups is 1. The van der Waals surface area contributed by atoms with Crippen LogP contribution in [-0.4, -0.2) is 42.4 Å². The molecule has 178 valence electrons. The largest absolute Gasteiger partial charge is 0.378 e. The minimum atomic E-state index is -0.334. The fourth-order valence-electron chi connectivity index (χ4n) is 3.75. The summed E-state index contributed by atoms with van der Waals surface area (Å²) in [5.41, 5.74) is 4.36. The van der Waals surface area contributed by atoms with Gasteiger partial charge in [0.25, 0.3) is 5.69 Å². The summed E-state index contributed by atoms with van der Waals surface area (Å²) in [7, 11) is 0. The van der Waals surface area contributed by atoms with E-state index in [0.717, 1.165) is 30.5 Å². The van der Waals surface area contributed by atoms with Crippen molar-refractivity contribution in [2.45, 2.75) is 10.1 Å². The van der Waals surface area contributed by atoms with E-state index in [1.54, 1.807) is 41.4 Å². The molecule has 0 radical (unpaired) electrons. The molecular weight excluding hydrogens is 548 g/mol. The highest BCUT2D eigenvalue weighted by Crippen LogP contribution is 2.34. The van der Waals surface area contributed by atoms with Crippen LogP contribution < -0.4 is 4.90 Å². The Bertz CT molecular complexity index is 1390. The normalized spacial score (nSPS) is 14.1. The molecule has 10 heteroatoms. The molecule has 0 bridgehead atoms.